The number of halogens is 1. The van der Waals surface area contributed by atoms with Crippen LogP contribution in [0.15, 0.2) is 88.8 Å². The van der Waals surface area contributed by atoms with Crippen molar-refractivity contribution in [2.24, 2.45) is 9.98 Å². The number of amidine groups is 2. The van der Waals surface area contributed by atoms with E-state index < -0.39 is 6.04 Å². The summed E-state index contributed by atoms with van der Waals surface area (Å²) in [4.78, 5) is 36.7. The topological polar surface area (TPSA) is 74.1 Å². The van der Waals surface area contributed by atoms with Crippen molar-refractivity contribution in [2.45, 2.75) is 24.6 Å². The molecule has 0 unspecified atom stereocenters. The van der Waals surface area contributed by atoms with Gasteiger partial charge in [0.05, 0.1) is 12.1 Å². The molecule has 0 fully saturated rings. The second kappa shape index (κ2) is 10.2. The number of carbonyl (C=O) groups excluding carboxylic acids is 2. The Balaban J connectivity index is 1.29. The summed E-state index contributed by atoms with van der Waals surface area (Å²) in [5.74, 6) is 0.141. The molecule has 0 aliphatic carbocycles. The smallest absolute Gasteiger partial charge is 0.259 e. The van der Waals surface area contributed by atoms with E-state index in [1.807, 2.05) is 60.7 Å². The first-order valence-electron chi connectivity index (χ1n) is 11.4. The van der Waals surface area contributed by atoms with Gasteiger partial charge in [0.25, 0.3) is 5.91 Å². The van der Waals surface area contributed by atoms with Gasteiger partial charge in [-0.2, -0.15) is 0 Å². The number of aliphatic imine (C=N–C) groups is 2. The fourth-order valence-corrected chi connectivity index (χ4v) is 4.99. The highest BCUT2D eigenvalue weighted by Crippen LogP contribution is 2.34. The van der Waals surface area contributed by atoms with Gasteiger partial charge in [0.2, 0.25) is 5.91 Å². The van der Waals surface area contributed by atoms with Gasteiger partial charge in [0, 0.05) is 17.9 Å². The lowest BCUT2D eigenvalue weighted by Gasteiger charge is -2.25. The number of rotatable bonds is 7. The van der Waals surface area contributed by atoms with Crippen LogP contribution in [0.3, 0.4) is 0 Å². The molecule has 0 spiro atoms. The number of para-hydroxylation sites is 1. The number of thioether (sulfide) groups is 1. The van der Waals surface area contributed by atoms with Crippen LogP contribution in [0.2, 0.25) is 0 Å². The maximum absolute atomic E-state index is 13.6. The van der Waals surface area contributed by atoms with Crippen LogP contribution in [-0.4, -0.2) is 40.3 Å². The lowest BCUT2D eigenvalue weighted by atomic mass is 10.1. The third-order valence-corrected chi connectivity index (χ3v) is 6.77. The summed E-state index contributed by atoms with van der Waals surface area (Å²) in [6.45, 7) is 0.489. The predicted octanol–water partition coefficient (Wildman–Crippen LogP) is 4.47. The molecule has 0 saturated carbocycles. The van der Waals surface area contributed by atoms with Gasteiger partial charge in [-0.05, 0) is 41.8 Å². The molecule has 0 bridgehead atoms. The molecule has 176 valence electrons. The molecule has 1 N–H and O–H groups in total. The lowest BCUT2D eigenvalue weighted by molar-refractivity contribution is -0.128. The van der Waals surface area contributed by atoms with Gasteiger partial charge >= 0.3 is 0 Å². The number of fused-ring (bicyclic) bond motifs is 3. The van der Waals surface area contributed by atoms with Crippen LogP contribution in [0, 0.1) is 5.82 Å². The fourth-order valence-electron chi connectivity index (χ4n) is 4.05. The minimum absolute atomic E-state index is 0.0301. The highest BCUT2D eigenvalue weighted by Gasteiger charge is 2.42. The van der Waals surface area contributed by atoms with Gasteiger partial charge in [0.1, 0.15) is 17.7 Å². The molecule has 3 aromatic rings. The molecule has 6 nitrogen and oxygen atoms in total. The van der Waals surface area contributed by atoms with E-state index in [-0.39, 0.29) is 24.1 Å². The van der Waals surface area contributed by atoms with Gasteiger partial charge in [-0.1, -0.05) is 66.4 Å². The van der Waals surface area contributed by atoms with E-state index in [0.717, 1.165) is 16.7 Å². The standard InChI is InChI=1S/C27H23FN4O2S/c28-20-10-6-9-19(15-20)17-35-27-31-22-12-5-4-11-21(22)25-30-23(26(34)32(25)27)16-24(33)29-14-13-18-7-2-1-3-8-18/h1-12,15,23H,13-14,16-17H2,(H,29,33)/t23-/m0/s1. The zero-order valence-electron chi connectivity index (χ0n) is 18.9. The van der Waals surface area contributed by atoms with E-state index in [4.69, 9.17) is 0 Å². The van der Waals surface area contributed by atoms with Crippen molar-refractivity contribution in [3.8, 4) is 0 Å². The number of carbonyl (C=O) groups is 2. The monoisotopic (exact) mass is 486 g/mol. The Morgan fingerprint density at radius 3 is 2.60 bits per heavy atom. The van der Waals surface area contributed by atoms with Crippen molar-refractivity contribution in [2.75, 3.05) is 6.54 Å². The Labute approximate surface area is 207 Å². The molecule has 3 aromatic carbocycles. The molecule has 0 aromatic heterocycles. The van der Waals surface area contributed by atoms with Crippen LogP contribution >= 0.6 is 11.8 Å². The highest BCUT2D eigenvalue weighted by atomic mass is 32.2. The summed E-state index contributed by atoms with van der Waals surface area (Å²) in [6.07, 6.45) is 0.685. The number of hydrogen-bond acceptors (Lipinski definition) is 5. The third kappa shape index (κ3) is 5.17. The summed E-state index contributed by atoms with van der Waals surface area (Å²) >= 11 is 1.34. The Morgan fingerprint density at radius 1 is 1.00 bits per heavy atom. The fraction of sp³-hybridized carbons (Fsp3) is 0.185. The first-order valence-corrected chi connectivity index (χ1v) is 12.3. The van der Waals surface area contributed by atoms with Crippen molar-refractivity contribution in [1.82, 2.24) is 10.2 Å². The van der Waals surface area contributed by atoms with Crippen LogP contribution in [-0.2, 0) is 21.8 Å². The first kappa shape index (κ1) is 23.0. The maximum Gasteiger partial charge on any atom is 0.259 e. The van der Waals surface area contributed by atoms with Crippen molar-refractivity contribution in [1.29, 1.82) is 0 Å². The summed E-state index contributed by atoms with van der Waals surface area (Å²) in [7, 11) is 0. The predicted molar refractivity (Wildman–Crippen MR) is 136 cm³/mol. The van der Waals surface area contributed by atoms with Crippen molar-refractivity contribution in [3.63, 3.8) is 0 Å². The molecular formula is C27H23FN4O2S. The zero-order valence-corrected chi connectivity index (χ0v) is 19.7. The summed E-state index contributed by atoms with van der Waals surface area (Å²) in [5.41, 5.74) is 3.39. The largest absolute Gasteiger partial charge is 0.356 e. The average molecular weight is 487 g/mol. The summed E-state index contributed by atoms with van der Waals surface area (Å²) in [6, 6.07) is 22.9. The van der Waals surface area contributed by atoms with Gasteiger partial charge < -0.3 is 5.32 Å². The third-order valence-electron chi connectivity index (χ3n) is 5.76. The van der Waals surface area contributed by atoms with Crippen molar-refractivity contribution < 1.29 is 14.0 Å². The molecule has 0 radical (unpaired) electrons. The van der Waals surface area contributed by atoms with Crippen LogP contribution < -0.4 is 5.32 Å². The van der Waals surface area contributed by atoms with Crippen LogP contribution in [0.1, 0.15) is 23.1 Å². The average Bonchev–Trinajstić information content (AvgIpc) is 3.19. The number of benzene rings is 3. The molecule has 2 amide bonds. The van der Waals surface area contributed by atoms with Crippen LogP contribution in [0.25, 0.3) is 0 Å². The second-order valence-corrected chi connectivity index (χ2v) is 9.20. The Bertz CT molecular complexity index is 1330. The molecule has 2 aliphatic heterocycles. The van der Waals surface area contributed by atoms with E-state index >= 15 is 0 Å². The van der Waals surface area contributed by atoms with Crippen molar-refractivity contribution in [3.05, 3.63) is 101 Å². The molecule has 8 heteroatoms. The number of amides is 2. The van der Waals surface area contributed by atoms with E-state index in [0.29, 0.717) is 35.4 Å². The highest BCUT2D eigenvalue weighted by molar-refractivity contribution is 8.13. The normalized spacial score (nSPS) is 16.3. The van der Waals surface area contributed by atoms with E-state index in [1.54, 1.807) is 6.07 Å². The molecular weight excluding hydrogens is 463 g/mol. The van der Waals surface area contributed by atoms with Gasteiger partial charge in [-0.3, -0.25) is 14.6 Å². The van der Waals surface area contributed by atoms with E-state index in [1.165, 1.54) is 28.8 Å². The van der Waals surface area contributed by atoms with Crippen LogP contribution in [0.5, 0.6) is 0 Å². The Kier molecular flexibility index (Phi) is 6.72. The van der Waals surface area contributed by atoms with Crippen LogP contribution in [0.4, 0.5) is 10.1 Å². The molecule has 1 atom stereocenters. The van der Waals surface area contributed by atoms with Gasteiger partial charge in [-0.25, -0.2) is 14.3 Å². The SMILES string of the molecule is O=C(C[C@@H]1N=C2c3ccccc3N=C(SCc3cccc(F)c3)N2C1=O)NCCc1ccccc1. The molecule has 0 saturated heterocycles. The molecule has 5 rings (SSSR count). The minimum atomic E-state index is -0.812. The summed E-state index contributed by atoms with van der Waals surface area (Å²) < 4.78 is 13.6. The minimum Gasteiger partial charge on any atom is -0.356 e. The van der Waals surface area contributed by atoms with Gasteiger partial charge in [-0.15, -0.1) is 0 Å². The number of nitrogens with zero attached hydrogens (tertiary/aromatic N) is 3. The molecule has 35 heavy (non-hydrogen) atoms. The summed E-state index contributed by atoms with van der Waals surface area (Å²) in [5, 5.41) is 3.37. The Morgan fingerprint density at radius 2 is 1.77 bits per heavy atom. The quantitative estimate of drug-likeness (QED) is 0.536. The van der Waals surface area contributed by atoms with E-state index in [9.17, 15) is 14.0 Å². The second-order valence-electron chi connectivity index (χ2n) is 8.26. The van der Waals surface area contributed by atoms with Crippen molar-refractivity contribution >= 4 is 40.3 Å². The van der Waals surface area contributed by atoms with E-state index in [2.05, 4.69) is 15.3 Å². The Hall–Kier alpha value is -3.78. The maximum atomic E-state index is 13.6. The molecule has 2 aliphatic rings. The zero-order chi connectivity index (χ0) is 24.2. The number of hydrogen-bond donors (Lipinski definition) is 1. The number of nitrogens with one attached hydrogen (secondary N) is 1. The first-order chi connectivity index (χ1) is 17.1. The van der Waals surface area contributed by atoms with Gasteiger partial charge in [0.15, 0.2) is 5.17 Å². The lowest BCUT2D eigenvalue weighted by Crippen LogP contribution is -2.42. The molecule has 2 heterocycles.